The fraction of sp³-hybridized carbons (Fsp3) is 0.818. The van der Waals surface area contributed by atoms with Gasteiger partial charge in [-0.2, -0.15) is 0 Å². The molecule has 1 aliphatic rings. The molecule has 6 nitrogen and oxygen atoms in total. The standard InChI is InChI=1S/C11H21N3O3/c1-3-13-11(16)14-5-9(4-8(14)2)6-17-7-10(12)15/h8-9H,3-7H2,1-2H3,(H2,12,15)(H,13,16). The van der Waals surface area contributed by atoms with Gasteiger partial charge in [0, 0.05) is 25.0 Å². The van der Waals surface area contributed by atoms with Crippen molar-refractivity contribution in [3.8, 4) is 0 Å². The summed E-state index contributed by atoms with van der Waals surface area (Å²) in [5, 5.41) is 2.78. The molecule has 0 radical (unpaired) electrons. The summed E-state index contributed by atoms with van der Waals surface area (Å²) in [7, 11) is 0. The SMILES string of the molecule is CCNC(=O)N1CC(COCC(N)=O)CC1C. The minimum absolute atomic E-state index is 0.0302. The lowest BCUT2D eigenvalue weighted by atomic mass is 10.1. The fourth-order valence-electron chi connectivity index (χ4n) is 2.13. The quantitative estimate of drug-likeness (QED) is 0.708. The molecule has 1 saturated heterocycles. The number of likely N-dealkylation sites (tertiary alicyclic amines) is 1. The van der Waals surface area contributed by atoms with Crippen molar-refractivity contribution >= 4 is 11.9 Å². The Kier molecular flexibility index (Phi) is 5.21. The molecule has 0 aromatic heterocycles. The van der Waals surface area contributed by atoms with Crippen LogP contribution in [0, 0.1) is 5.92 Å². The van der Waals surface area contributed by atoms with E-state index in [0.717, 1.165) is 6.42 Å². The number of nitrogens with two attached hydrogens (primary N) is 1. The predicted octanol–water partition coefficient (Wildman–Crippen LogP) is -0.0718. The number of carbonyl (C=O) groups excluding carboxylic acids is 2. The molecule has 1 fully saturated rings. The summed E-state index contributed by atoms with van der Waals surface area (Å²) in [6.45, 7) is 5.64. The number of ether oxygens (including phenoxy) is 1. The van der Waals surface area contributed by atoms with Crippen LogP contribution in [-0.2, 0) is 9.53 Å². The summed E-state index contributed by atoms with van der Waals surface area (Å²) in [6, 6.07) is 0.182. The van der Waals surface area contributed by atoms with E-state index < -0.39 is 5.91 Å². The molecule has 0 aliphatic carbocycles. The van der Waals surface area contributed by atoms with Crippen LogP contribution in [0.4, 0.5) is 4.79 Å². The van der Waals surface area contributed by atoms with Gasteiger partial charge in [-0.1, -0.05) is 0 Å². The number of nitrogens with zero attached hydrogens (tertiary/aromatic N) is 1. The highest BCUT2D eigenvalue weighted by molar-refractivity contribution is 5.75. The van der Waals surface area contributed by atoms with Crippen LogP contribution in [0.3, 0.4) is 0 Å². The Morgan fingerprint density at radius 3 is 2.82 bits per heavy atom. The molecule has 0 bridgehead atoms. The van der Waals surface area contributed by atoms with E-state index in [4.69, 9.17) is 10.5 Å². The first-order valence-electron chi connectivity index (χ1n) is 5.95. The minimum atomic E-state index is -0.461. The molecular formula is C11H21N3O3. The maximum absolute atomic E-state index is 11.7. The lowest BCUT2D eigenvalue weighted by Gasteiger charge is -2.21. The maximum atomic E-state index is 11.7. The minimum Gasteiger partial charge on any atom is -0.371 e. The van der Waals surface area contributed by atoms with Crippen molar-refractivity contribution in [2.75, 3.05) is 26.3 Å². The zero-order valence-corrected chi connectivity index (χ0v) is 10.4. The summed E-state index contributed by atoms with van der Waals surface area (Å²) < 4.78 is 5.18. The van der Waals surface area contributed by atoms with Crippen LogP contribution in [0.2, 0.25) is 0 Å². The van der Waals surface area contributed by atoms with E-state index in [1.807, 2.05) is 18.7 Å². The molecule has 3 N–H and O–H groups in total. The van der Waals surface area contributed by atoms with Gasteiger partial charge >= 0.3 is 6.03 Å². The van der Waals surface area contributed by atoms with Crippen LogP contribution in [0.5, 0.6) is 0 Å². The molecule has 1 rings (SSSR count). The van der Waals surface area contributed by atoms with Gasteiger partial charge in [-0.15, -0.1) is 0 Å². The maximum Gasteiger partial charge on any atom is 0.317 e. The number of carbonyl (C=O) groups is 2. The largest absolute Gasteiger partial charge is 0.371 e. The summed E-state index contributed by atoms with van der Waals surface area (Å²) in [5.74, 6) is -0.177. The van der Waals surface area contributed by atoms with E-state index in [1.54, 1.807) is 0 Å². The third-order valence-electron chi connectivity index (χ3n) is 2.85. The van der Waals surface area contributed by atoms with E-state index in [0.29, 0.717) is 19.7 Å². The molecule has 2 atom stereocenters. The highest BCUT2D eigenvalue weighted by Crippen LogP contribution is 2.23. The van der Waals surface area contributed by atoms with Crippen LogP contribution in [0.25, 0.3) is 0 Å². The van der Waals surface area contributed by atoms with Crippen LogP contribution in [0.1, 0.15) is 20.3 Å². The van der Waals surface area contributed by atoms with Gasteiger partial charge in [0.15, 0.2) is 0 Å². The summed E-state index contributed by atoms with van der Waals surface area (Å²) in [6.07, 6.45) is 0.899. The molecule has 3 amide bonds. The molecule has 0 saturated carbocycles. The second kappa shape index (κ2) is 6.44. The Labute approximate surface area is 101 Å². The molecule has 6 heteroatoms. The molecule has 2 unspecified atom stereocenters. The average molecular weight is 243 g/mol. The monoisotopic (exact) mass is 243 g/mol. The van der Waals surface area contributed by atoms with Crippen molar-refractivity contribution in [2.45, 2.75) is 26.3 Å². The molecule has 0 aromatic carbocycles. The van der Waals surface area contributed by atoms with Gasteiger partial charge in [-0.3, -0.25) is 4.79 Å². The Morgan fingerprint density at radius 2 is 2.24 bits per heavy atom. The molecule has 17 heavy (non-hydrogen) atoms. The predicted molar refractivity (Wildman–Crippen MR) is 63.4 cm³/mol. The van der Waals surface area contributed by atoms with E-state index >= 15 is 0 Å². The first-order chi connectivity index (χ1) is 8.04. The zero-order valence-electron chi connectivity index (χ0n) is 10.4. The van der Waals surface area contributed by atoms with Gasteiger partial charge in [0.1, 0.15) is 6.61 Å². The second-order valence-electron chi connectivity index (χ2n) is 4.42. The van der Waals surface area contributed by atoms with Gasteiger partial charge < -0.3 is 20.7 Å². The highest BCUT2D eigenvalue weighted by atomic mass is 16.5. The lowest BCUT2D eigenvalue weighted by molar-refractivity contribution is -0.122. The van der Waals surface area contributed by atoms with Crippen molar-refractivity contribution in [2.24, 2.45) is 11.7 Å². The van der Waals surface area contributed by atoms with Crippen molar-refractivity contribution < 1.29 is 14.3 Å². The Bertz CT molecular complexity index is 283. The normalized spacial score (nSPS) is 23.8. The van der Waals surface area contributed by atoms with E-state index in [9.17, 15) is 9.59 Å². The molecule has 1 aliphatic heterocycles. The smallest absolute Gasteiger partial charge is 0.317 e. The van der Waals surface area contributed by atoms with E-state index in [1.165, 1.54) is 0 Å². The van der Waals surface area contributed by atoms with Crippen LogP contribution >= 0.6 is 0 Å². The Morgan fingerprint density at radius 1 is 1.53 bits per heavy atom. The second-order valence-corrected chi connectivity index (χ2v) is 4.42. The number of primary amides is 1. The summed E-state index contributed by atoms with van der Waals surface area (Å²) in [5.41, 5.74) is 4.98. The van der Waals surface area contributed by atoms with Crippen molar-refractivity contribution in [3.63, 3.8) is 0 Å². The van der Waals surface area contributed by atoms with Crippen molar-refractivity contribution in [1.82, 2.24) is 10.2 Å². The molecule has 0 aromatic rings. The van der Waals surface area contributed by atoms with E-state index in [-0.39, 0.29) is 24.6 Å². The number of hydrogen-bond acceptors (Lipinski definition) is 3. The van der Waals surface area contributed by atoms with Crippen LogP contribution in [-0.4, -0.2) is 49.2 Å². The summed E-state index contributed by atoms with van der Waals surface area (Å²) in [4.78, 5) is 24.0. The van der Waals surface area contributed by atoms with Gasteiger partial charge in [0.2, 0.25) is 5.91 Å². The number of hydrogen-bond donors (Lipinski definition) is 2. The van der Waals surface area contributed by atoms with Crippen molar-refractivity contribution in [1.29, 1.82) is 0 Å². The average Bonchev–Trinajstić information content (AvgIpc) is 2.59. The lowest BCUT2D eigenvalue weighted by Crippen LogP contribution is -2.41. The highest BCUT2D eigenvalue weighted by Gasteiger charge is 2.32. The van der Waals surface area contributed by atoms with Gasteiger partial charge in [-0.25, -0.2) is 4.79 Å². The first-order valence-corrected chi connectivity index (χ1v) is 5.95. The van der Waals surface area contributed by atoms with Gasteiger partial charge in [0.25, 0.3) is 0 Å². The molecule has 0 spiro atoms. The fourth-order valence-corrected chi connectivity index (χ4v) is 2.13. The first kappa shape index (κ1) is 13.8. The summed E-state index contributed by atoms with van der Waals surface area (Å²) >= 11 is 0. The topological polar surface area (TPSA) is 84.7 Å². The number of urea groups is 1. The number of amides is 3. The third-order valence-corrected chi connectivity index (χ3v) is 2.85. The van der Waals surface area contributed by atoms with Gasteiger partial charge in [-0.05, 0) is 20.3 Å². The van der Waals surface area contributed by atoms with Crippen LogP contribution < -0.4 is 11.1 Å². The van der Waals surface area contributed by atoms with Gasteiger partial charge in [0.05, 0.1) is 6.61 Å². The van der Waals surface area contributed by atoms with Crippen LogP contribution in [0.15, 0.2) is 0 Å². The molecular weight excluding hydrogens is 222 g/mol. The van der Waals surface area contributed by atoms with Crippen molar-refractivity contribution in [3.05, 3.63) is 0 Å². The molecule has 1 heterocycles. The number of rotatable bonds is 5. The Hall–Kier alpha value is -1.30. The number of nitrogens with one attached hydrogen (secondary N) is 1. The Balaban J connectivity index is 2.33. The molecule has 98 valence electrons. The zero-order chi connectivity index (χ0) is 12.8. The van der Waals surface area contributed by atoms with E-state index in [2.05, 4.69) is 5.32 Å². The third kappa shape index (κ3) is 4.22.